The topological polar surface area (TPSA) is 81.7 Å². The van der Waals surface area contributed by atoms with E-state index in [4.69, 9.17) is 9.47 Å². The molecule has 0 spiro atoms. The predicted octanol–water partition coefficient (Wildman–Crippen LogP) is 2.32. The number of carbonyl (C=O) groups excluding carboxylic acids is 3. The van der Waals surface area contributed by atoms with E-state index in [0.717, 1.165) is 24.3 Å². The Kier molecular flexibility index (Phi) is 7.90. The zero-order chi connectivity index (χ0) is 18.9. The third-order valence-corrected chi connectivity index (χ3v) is 2.97. The van der Waals surface area contributed by atoms with Gasteiger partial charge in [-0.15, -0.1) is 0 Å². The zero-order valence-corrected chi connectivity index (χ0v) is 13.5. The van der Waals surface area contributed by atoms with Gasteiger partial charge in [0.05, 0.1) is 17.7 Å². The van der Waals surface area contributed by atoms with Crippen molar-refractivity contribution in [3.05, 3.63) is 35.4 Å². The average molecular weight is 361 g/mol. The van der Waals surface area contributed by atoms with E-state index < -0.39 is 30.2 Å². The first kappa shape index (κ1) is 20.5. The van der Waals surface area contributed by atoms with E-state index in [-0.39, 0.29) is 31.1 Å². The summed E-state index contributed by atoms with van der Waals surface area (Å²) >= 11 is 0. The molecule has 138 valence electrons. The number of alkyl halides is 3. The van der Waals surface area contributed by atoms with Gasteiger partial charge in [0.25, 0.3) is 5.91 Å². The maximum Gasteiger partial charge on any atom is 0.416 e. The molecular formula is C16H18F3NO5. The van der Waals surface area contributed by atoms with E-state index in [1.54, 1.807) is 6.92 Å². The van der Waals surface area contributed by atoms with Crippen LogP contribution in [0.4, 0.5) is 13.2 Å². The fourth-order valence-electron chi connectivity index (χ4n) is 1.75. The Labute approximate surface area is 142 Å². The summed E-state index contributed by atoms with van der Waals surface area (Å²) in [5.41, 5.74) is -0.980. The monoisotopic (exact) mass is 361 g/mol. The molecule has 0 atom stereocenters. The Hall–Kier alpha value is -2.58. The summed E-state index contributed by atoms with van der Waals surface area (Å²) in [6.45, 7) is 1.60. The standard InChI is InChI=1S/C16H18F3NO5/c1-2-24-14(22)4-3-9-20-13(21)10-25-15(23)11-5-7-12(8-6-11)16(17,18)19/h5-8H,2-4,9-10H2,1H3,(H,20,21). The molecule has 0 unspecified atom stereocenters. The molecule has 0 aliphatic carbocycles. The minimum absolute atomic E-state index is 0.0943. The number of nitrogens with one attached hydrogen (secondary N) is 1. The number of benzene rings is 1. The summed E-state index contributed by atoms with van der Waals surface area (Å²) in [6.07, 6.45) is -3.97. The molecule has 0 fully saturated rings. The normalized spacial score (nSPS) is 10.9. The second-order valence-electron chi connectivity index (χ2n) is 4.91. The molecule has 0 saturated heterocycles. The van der Waals surface area contributed by atoms with Crippen molar-refractivity contribution in [2.45, 2.75) is 25.9 Å². The molecule has 0 aromatic heterocycles. The van der Waals surface area contributed by atoms with Crippen LogP contribution in [0.15, 0.2) is 24.3 Å². The molecule has 25 heavy (non-hydrogen) atoms. The van der Waals surface area contributed by atoms with Crippen molar-refractivity contribution in [2.75, 3.05) is 19.8 Å². The van der Waals surface area contributed by atoms with Crippen LogP contribution < -0.4 is 5.32 Å². The van der Waals surface area contributed by atoms with Crippen LogP contribution in [0, 0.1) is 0 Å². The van der Waals surface area contributed by atoms with E-state index in [1.165, 1.54) is 0 Å². The first-order chi connectivity index (χ1) is 11.7. The molecule has 0 heterocycles. The van der Waals surface area contributed by atoms with Gasteiger partial charge in [-0.1, -0.05) is 0 Å². The van der Waals surface area contributed by atoms with Crippen LogP contribution in [-0.2, 0) is 25.2 Å². The molecular weight excluding hydrogens is 343 g/mol. The number of esters is 2. The Morgan fingerprint density at radius 1 is 1.08 bits per heavy atom. The minimum Gasteiger partial charge on any atom is -0.466 e. The molecule has 0 bridgehead atoms. The molecule has 0 saturated carbocycles. The first-order valence-electron chi connectivity index (χ1n) is 7.50. The highest BCUT2D eigenvalue weighted by molar-refractivity contribution is 5.91. The SMILES string of the molecule is CCOC(=O)CCCNC(=O)COC(=O)c1ccc(C(F)(F)F)cc1. The molecule has 1 amide bonds. The number of amides is 1. The summed E-state index contributed by atoms with van der Waals surface area (Å²) in [7, 11) is 0. The Morgan fingerprint density at radius 3 is 2.28 bits per heavy atom. The van der Waals surface area contributed by atoms with Crippen LogP contribution in [-0.4, -0.2) is 37.6 Å². The van der Waals surface area contributed by atoms with E-state index in [0.29, 0.717) is 6.42 Å². The third-order valence-electron chi connectivity index (χ3n) is 2.97. The minimum atomic E-state index is -4.49. The number of ether oxygens (including phenoxy) is 2. The highest BCUT2D eigenvalue weighted by Crippen LogP contribution is 2.29. The number of hydrogen-bond donors (Lipinski definition) is 1. The Balaban J connectivity index is 2.31. The lowest BCUT2D eigenvalue weighted by molar-refractivity contribution is -0.143. The maximum absolute atomic E-state index is 12.4. The van der Waals surface area contributed by atoms with E-state index in [9.17, 15) is 27.6 Å². The molecule has 1 aromatic carbocycles. The smallest absolute Gasteiger partial charge is 0.416 e. The summed E-state index contributed by atoms with van der Waals surface area (Å²) in [5.74, 6) is -1.86. The largest absolute Gasteiger partial charge is 0.466 e. The quantitative estimate of drug-likeness (QED) is 0.568. The lowest BCUT2D eigenvalue weighted by Gasteiger charge is -2.08. The number of halogens is 3. The van der Waals surface area contributed by atoms with E-state index in [1.807, 2.05) is 0 Å². The fourth-order valence-corrected chi connectivity index (χ4v) is 1.75. The van der Waals surface area contributed by atoms with Gasteiger partial charge in [0, 0.05) is 13.0 Å². The predicted molar refractivity (Wildman–Crippen MR) is 80.6 cm³/mol. The summed E-state index contributed by atoms with van der Waals surface area (Å²) in [5, 5.41) is 2.44. The molecule has 1 aromatic rings. The third kappa shape index (κ3) is 7.69. The summed E-state index contributed by atoms with van der Waals surface area (Å²) in [6, 6.07) is 3.46. The second kappa shape index (κ2) is 9.65. The van der Waals surface area contributed by atoms with Crippen molar-refractivity contribution < 1.29 is 37.0 Å². The van der Waals surface area contributed by atoms with Crippen LogP contribution in [0.25, 0.3) is 0 Å². The van der Waals surface area contributed by atoms with Gasteiger partial charge in [0.2, 0.25) is 0 Å². The van der Waals surface area contributed by atoms with E-state index >= 15 is 0 Å². The van der Waals surface area contributed by atoms with Gasteiger partial charge in [-0.25, -0.2) is 4.79 Å². The van der Waals surface area contributed by atoms with Gasteiger partial charge in [0.1, 0.15) is 0 Å². The Bertz CT molecular complexity index is 599. The summed E-state index contributed by atoms with van der Waals surface area (Å²) < 4.78 is 46.7. The molecule has 0 aliphatic rings. The highest BCUT2D eigenvalue weighted by Gasteiger charge is 2.30. The van der Waals surface area contributed by atoms with Crippen molar-refractivity contribution in [2.24, 2.45) is 0 Å². The fraction of sp³-hybridized carbons (Fsp3) is 0.438. The van der Waals surface area contributed by atoms with Gasteiger partial charge in [0.15, 0.2) is 6.61 Å². The van der Waals surface area contributed by atoms with Crippen molar-refractivity contribution in [1.29, 1.82) is 0 Å². The van der Waals surface area contributed by atoms with Crippen LogP contribution >= 0.6 is 0 Å². The summed E-state index contributed by atoms with van der Waals surface area (Å²) in [4.78, 5) is 34.2. The lowest BCUT2D eigenvalue weighted by atomic mass is 10.1. The molecule has 1 rings (SSSR count). The Morgan fingerprint density at radius 2 is 1.72 bits per heavy atom. The maximum atomic E-state index is 12.4. The number of rotatable bonds is 8. The van der Waals surface area contributed by atoms with Crippen molar-refractivity contribution in [3.8, 4) is 0 Å². The van der Waals surface area contributed by atoms with Crippen LogP contribution in [0.3, 0.4) is 0 Å². The van der Waals surface area contributed by atoms with Crippen molar-refractivity contribution >= 4 is 17.8 Å². The van der Waals surface area contributed by atoms with Crippen molar-refractivity contribution in [1.82, 2.24) is 5.32 Å². The van der Waals surface area contributed by atoms with Gasteiger partial charge < -0.3 is 14.8 Å². The second-order valence-corrected chi connectivity index (χ2v) is 4.91. The van der Waals surface area contributed by atoms with Crippen molar-refractivity contribution in [3.63, 3.8) is 0 Å². The molecule has 9 heteroatoms. The molecule has 0 radical (unpaired) electrons. The molecule has 6 nitrogen and oxygen atoms in total. The number of hydrogen-bond acceptors (Lipinski definition) is 5. The van der Waals surface area contributed by atoms with Gasteiger partial charge in [-0.05, 0) is 37.6 Å². The average Bonchev–Trinajstić information content (AvgIpc) is 2.56. The van der Waals surface area contributed by atoms with Gasteiger partial charge in [-0.2, -0.15) is 13.2 Å². The lowest BCUT2D eigenvalue weighted by Crippen LogP contribution is -2.30. The first-order valence-corrected chi connectivity index (χ1v) is 7.50. The van der Waals surface area contributed by atoms with Crippen LogP contribution in [0.1, 0.15) is 35.7 Å². The molecule has 1 N–H and O–H groups in total. The molecule has 0 aliphatic heterocycles. The number of carbonyl (C=O) groups is 3. The van der Waals surface area contributed by atoms with Gasteiger partial charge >= 0.3 is 18.1 Å². The van der Waals surface area contributed by atoms with Crippen LogP contribution in [0.2, 0.25) is 0 Å². The van der Waals surface area contributed by atoms with E-state index in [2.05, 4.69) is 5.32 Å². The zero-order valence-electron chi connectivity index (χ0n) is 13.5. The van der Waals surface area contributed by atoms with Crippen LogP contribution in [0.5, 0.6) is 0 Å². The highest BCUT2D eigenvalue weighted by atomic mass is 19.4. The van der Waals surface area contributed by atoms with Gasteiger partial charge in [-0.3, -0.25) is 9.59 Å².